The topological polar surface area (TPSA) is 101 Å². The van der Waals surface area contributed by atoms with Gasteiger partial charge in [-0.25, -0.2) is 15.0 Å². The summed E-state index contributed by atoms with van der Waals surface area (Å²) in [5, 5.41) is 10.2. The van der Waals surface area contributed by atoms with E-state index in [1.807, 2.05) is 6.92 Å². The highest BCUT2D eigenvalue weighted by Crippen LogP contribution is 2.34. The number of carbonyl (C=O) groups is 1. The van der Waals surface area contributed by atoms with Crippen LogP contribution in [0.5, 0.6) is 5.75 Å². The smallest absolute Gasteiger partial charge is 0.215 e. The lowest BCUT2D eigenvalue weighted by molar-refractivity contribution is 0.106. The molecule has 1 atom stereocenters. The molecular weight excluding hydrogens is 633 g/mol. The molecule has 7 nitrogen and oxygen atoms in total. The van der Waals surface area contributed by atoms with Gasteiger partial charge >= 0.3 is 0 Å². The average molecular weight is 664 g/mol. The van der Waals surface area contributed by atoms with Crippen molar-refractivity contribution in [2.24, 2.45) is 10.9 Å². The Morgan fingerprint density at radius 2 is 2.00 bits per heavy atom. The summed E-state index contributed by atoms with van der Waals surface area (Å²) in [4.78, 5) is 31.5. The molecule has 1 aliphatic rings. The predicted octanol–water partition coefficient (Wildman–Crippen LogP) is 6.29. The van der Waals surface area contributed by atoms with Crippen molar-refractivity contribution in [3.8, 4) is 16.9 Å². The monoisotopic (exact) mass is 663 g/mol. The number of carbonyl (C=O) groups excluding carboxylic acids is 1. The van der Waals surface area contributed by atoms with Crippen LogP contribution in [-0.4, -0.2) is 37.2 Å². The first-order valence-electron chi connectivity index (χ1n) is 12.7. The van der Waals surface area contributed by atoms with Gasteiger partial charge in [-0.2, -0.15) is 0 Å². The van der Waals surface area contributed by atoms with Gasteiger partial charge in [0.2, 0.25) is 5.78 Å². The Morgan fingerprint density at radius 3 is 2.74 bits per heavy atom. The Hall–Kier alpha value is -2.37. The predicted molar refractivity (Wildman–Crippen MR) is 164 cm³/mol. The zero-order valence-electron chi connectivity index (χ0n) is 22.0. The molecule has 3 aromatic heterocycles. The number of hydrogen-bond donors (Lipinski definition) is 1. The SMILES string of the molecule is CCCC(CC)CCCC1=IC=c2nc(C(=N)C(=O)c3cnc(C)cc3-c3cc(Cl)ncc3OC)sc2=N1. The summed E-state index contributed by atoms with van der Waals surface area (Å²) in [6, 6.07) is 3.44. The highest BCUT2D eigenvalue weighted by atomic mass is 127. The molecule has 0 aromatic carbocycles. The van der Waals surface area contributed by atoms with Crippen molar-refractivity contribution in [2.75, 3.05) is 7.11 Å². The number of thiazole rings is 1. The lowest BCUT2D eigenvalue weighted by atomic mass is 9.95. The van der Waals surface area contributed by atoms with Crippen LogP contribution in [0.2, 0.25) is 5.15 Å². The molecule has 0 saturated heterocycles. The van der Waals surface area contributed by atoms with E-state index in [2.05, 4.69) is 32.9 Å². The van der Waals surface area contributed by atoms with Crippen molar-refractivity contribution in [1.82, 2.24) is 15.0 Å². The van der Waals surface area contributed by atoms with Crippen LogP contribution in [0.3, 0.4) is 0 Å². The van der Waals surface area contributed by atoms with Gasteiger partial charge in [0.05, 0.1) is 22.5 Å². The van der Waals surface area contributed by atoms with Gasteiger partial charge in [-0.3, -0.25) is 15.2 Å². The molecule has 0 spiro atoms. The quantitative estimate of drug-likeness (QED) is 0.106. The molecule has 4 rings (SSSR count). The number of aryl methyl sites for hydroxylation is 1. The minimum atomic E-state index is -0.464. The second kappa shape index (κ2) is 13.1. The number of nitrogens with one attached hydrogen (secondary N) is 1. The van der Waals surface area contributed by atoms with Gasteiger partial charge in [-0.05, 0) is 37.8 Å². The summed E-state index contributed by atoms with van der Waals surface area (Å²) >= 11 is 7.13. The normalized spacial score (nSPS) is 13.3. The third-order valence-electron chi connectivity index (χ3n) is 6.48. The fourth-order valence-corrected chi connectivity index (χ4v) is 8.01. The summed E-state index contributed by atoms with van der Waals surface area (Å²) in [6.07, 6.45) is 10.2. The number of hydrogen-bond acceptors (Lipinski definition) is 8. The molecule has 10 heteroatoms. The number of methoxy groups -OCH3 is 1. The average Bonchev–Trinajstić information content (AvgIpc) is 3.35. The van der Waals surface area contributed by atoms with E-state index in [0.717, 1.165) is 34.5 Å². The Bertz CT molecular complexity index is 1520. The van der Waals surface area contributed by atoms with Crippen LogP contribution in [0.15, 0.2) is 29.5 Å². The second-order valence-electron chi connectivity index (χ2n) is 9.15. The first kappa shape index (κ1) is 28.6. The van der Waals surface area contributed by atoms with E-state index < -0.39 is 5.78 Å². The van der Waals surface area contributed by atoms with E-state index in [1.54, 1.807) is 12.1 Å². The molecule has 0 aliphatic carbocycles. The molecular formula is C28H31ClIN5O2S. The van der Waals surface area contributed by atoms with Crippen molar-refractivity contribution < 1.29 is 9.53 Å². The Morgan fingerprint density at radius 1 is 1.18 bits per heavy atom. The fraction of sp³-hybridized carbons (Fsp3) is 0.393. The van der Waals surface area contributed by atoms with Gasteiger partial charge < -0.3 is 4.74 Å². The fourth-order valence-electron chi connectivity index (χ4n) is 4.42. The molecule has 200 valence electrons. The largest absolute Gasteiger partial charge is 0.494 e. The zero-order valence-corrected chi connectivity index (χ0v) is 25.7. The number of Topliss-reactive ketones (excluding diaryl/α,β-unsaturated/α-hetero) is 1. The molecule has 4 heterocycles. The van der Waals surface area contributed by atoms with Crippen LogP contribution in [0.1, 0.15) is 73.4 Å². The second-order valence-corrected chi connectivity index (χ2v) is 13.0. The Labute approximate surface area is 241 Å². The van der Waals surface area contributed by atoms with Gasteiger partial charge in [-0.15, -0.1) is 0 Å². The standard InChI is InChI=1S/C28H31ClIN5O2S/c1-5-8-17(6-2)9-7-10-24-30-13-21-27(35-24)38-28(34-21)25(31)26(36)20-14-32-16(3)11-18(20)19-12-23(29)33-15-22(19)37-4/h11-15,17,31H,5-10H2,1-4H3. The van der Waals surface area contributed by atoms with Gasteiger partial charge in [0.15, 0.2) is 0 Å². The van der Waals surface area contributed by atoms with E-state index in [4.69, 9.17) is 26.7 Å². The Kier molecular flexibility index (Phi) is 9.89. The summed E-state index contributed by atoms with van der Waals surface area (Å²) in [5.41, 5.74) is 2.03. The number of aromatic nitrogens is 3. The molecule has 38 heavy (non-hydrogen) atoms. The third-order valence-corrected chi connectivity index (χ3v) is 10.1. The molecule has 1 aliphatic heterocycles. The van der Waals surface area contributed by atoms with Crippen molar-refractivity contribution in [2.45, 2.75) is 59.3 Å². The molecule has 0 amide bonds. The van der Waals surface area contributed by atoms with Gasteiger partial charge in [-0.1, -0.05) is 83.2 Å². The van der Waals surface area contributed by atoms with Crippen molar-refractivity contribution in [3.63, 3.8) is 0 Å². The van der Waals surface area contributed by atoms with Crippen LogP contribution in [0.4, 0.5) is 0 Å². The van der Waals surface area contributed by atoms with Gasteiger partial charge in [0.25, 0.3) is 0 Å². The number of nitrogens with zero attached hydrogens (tertiary/aromatic N) is 4. The first-order valence-corrected chi connectivity index (χ1v) is 16.2. The van der Waals surface area contributed by atoms with Crippen LogP contribution < -0.4 is 14.8 Å². The van der Waals surface area contributed by atoms with E-state index in [1.165, 1.54) is 60.2 Å². The maximum Gasteiger partial charge on any atom is 0.215 e. The summed E-state index contributed by atoms with van der Waals surface area (Å²) in [7, 11) is 1.54. The molecule has 0 radical (unpaired) electrons. The summed E-state index contributed by atoms with van der Waals surface area (Å²) < 4.78 is 9.68. The molecule has 0 fully saturated rings. The maximum atomic E-state index is 13.6. The van der Waals surface area contributed by atoms with Gasteiger partial charge in [0, 0.05) is 27.1 Å². The van der Waals surface area contributed by atoms with Crippen LogP contribution in [-0.2, 0) is 0 Å². The number of ketones is 1. The number of ether oxygens (including phenoxy) is 1. The van der Waals surface area contributed by atoms with Crippen molar-refractivity contribution in [3.05, 3.63) is 56.0 Å². The molecule has 1 N–H and O–H groups in total. The number of rotatable bonds is 12. The minimum Gasteiger partial charge on any atom is -0.494 e. The highest BCUT2D eigenvalue weighted by Gasteiger charge is 2.24. The van der Waals surface area contributed by atoms with E-state index >= 15 is 0 Å². The van der Waals surface area contributed by atoms with Crippen LogP contribution >= 0.6 is 43.7 Å². The van der Waals surface area contributed by atoms with Crippen molar-refractivity contribution >= 4 is 62.9 Å². The van der Waals surface area contributed by atoms with Gasteiger partial charge in [0.1, 0.15) is 31.6 Å². The molecule has 1 unspecified atom stereocenters. The highest BCUT2D eigenvalue weighted by molar-refractivity contribution is 14.2. The zero-order chi connectivity index (χ0) is 27.2. The lowest BCUT2D eigenvalue weighted by Gasteiger charge is -2.13. The summed E-state index contributed by atoms with van der Waals surface area (Å²) in [6.45, 7) is 6.37. The van der Waals surface area contributed by atoms with Crippen molar-refractivity contribution in [1.29, 1.82) is 5.41 Å². The number of halogens is 2. The molecule has 0 bridgehead atoms. The lowest BCUT2D eigenvalue weighted by Crippen LogP contribution is -2.24. The molecule has 0 saturated carbocycles. The number of fused-ring (bicyclic) bond motifs is 1. The minimum absolute atomic E-state index is 0.177. The maximum absolute atomic E-state index is 13.6. The van der Waals surface area contributed by atoms with Crippen LogP contribution in [0.25, 0.3) is 15.2 Å². The summed E-state index contributed by atoms with van der Waals surface area (Å²) in [5.74, 6) is 0.812. The Balaban J connectivity index is 1.57. The number of pyridine rings is 2. The third kappa shape index (κ3) is 6.60. The molecule has 3 aromatic rings. The van der Waals surface area contributed by atoms with E-state index in [9.17, 15) is 4.79 Å². The first-order chi connectivity index (χ1) is 18.3. The van der Waals surface area contributed by atoms with Crippen LogP contribution in [0, 0.1) is 18.3 Å². The van der Waals surface area contributed by atoms with E-state index in [-0.39, 0.29) is 37.2 Å². The van der Waals surface area contributed by atoms with E-state index in [0.29, 0.717) is 21.9 Å².